The number of benzene rings is 2. The fourth-order valence-corrected chi connectivity index (χ4v) is 5.20. The lowest BCUT2D eigenvalue weighted by Gasteiger charge is -2.10. The van der Waals surface area contributed by atoms with Gasteiger partial charge in [0, 0.05) is 11.3 Å². The van der Waals surface area contributed by atoms with Crippen LogP contribution >= 0.6 is 10.8 Å². The van der Waals surface area contributed by atoms with Crippen LogP contribution in [0.3, 0.4) is 0 Å². The third kappa shape index (κ3) is 5.35. The third-order valence-corrected chi connectivity index (χ3v) is 7.56. The smallest absolute Gasteiger partial charge is 0.278 e. The van der Waals surface area contributed by atoms with Gasteiger partial charge < -0.3 is 11.1 Å². The number of aromatic nitrogens is 2. The molecule has 30 heavy (non-hydrogen) atoms. The summed E-state index contributed by atoms with van der Waals surface area (Å²) in [5.41, 5.74) is 7.47. The number of nitrogens with two attached hydrogens (primary N) is 1. The molecular formula is C20H21N5O3S2. The maximum absolute atomic E-state index is 12.6. The molecule has 3 aromatic rings. The standard InChI is InChI=1S/C20H21N5O3S2/c1-25(2)13-29-30(27,28)16-10-8-14(9-11-16)17-12-22-19(21)18(24-17)20(26)23-15-6-4-3-5-7-15/h3-12H,13H2,1-2H3,(H2,21,22)(H,23,26). The zero-order valence-corrected chi connectivity index (χ0v) is 18.1. The van der Waals surface area contributed by atoms with Crippen molar-refractivity contribution in [2.24, 2.45) is 0 Å². The fourth-order valence-electron chi connectivity index (χ4n) is 2.45. The van der Waals surface area contributed by atoms with Crippen LogP contribution in [0.5, 0.6) is 0 Å². The van der Waals surface area contributed by atoms with E-state index in [1.807, 2.05) is 6.07 Å². The molecule has 1 amide bonds. The normalized spacial score (nSPS) is 11.4. The number of hydrogen-bond acceptors (Lipinski definition) is 8. The number of nitrogens with one attached hydrogen (secondary N) is 1. The van der Waals surface area contributed by atoms with Gasteiger partial charge in [0.2, 0.25) is 8.87 Å². The average Bonchev–Trinajstić information content (AvgIpc) is 2.73. The predicted molar refractivity (Wildman–Crippen MR) is 120 cm³/mol. The SMILES string of the molecule is CN(C)CSS(=O)(=O)c1ccc(-c2cnc(N)c(C(=O)Nc3ccccc3)n2)cc1. The minimum Gasteiger partial charge on any atom is -0.382 e. The highest BCUT2D eigenvalue weighted by Gasteiger charge is 2.18. The van der Waals surface area contributed by atoms with Gasteiger partial charge in [-0.05, 0) is 49.2 Å². The summed E-state index contributed by atoms with van der Waals surface area (Å²) in [6, 6.07) is 15.2. The van der Waals surface area contributed by atoms with Gasteiger partial charge in [-0.3, -0.25) is 9.69 Å². The van der Waals surface area contributed by atoms with Gasteiger partial charge in [-0.1, -0.05) is 30.3 Å². The van der Waals surface area contributed by atoms with Crippen molar-refractivity contribution in [1.29, 1.82) is 0 Å². The molecule has 0 bridgehead atoms. The van der Waals surface area contributed by atoms with Crippen molar-refractivity contribution < 1.29 is 13.2 Å². The van der Waals surface area contributed by atoms with E-state index >= 15 is 0 Å². The highest BCUT2D eigenvalue weighted by atomic mass is 33.1. The molecule has 0 aliphatic heterocycles. The van der Waals surface area contributed by atoms with Gasteiger partial charge in [-0.15, -0.1) is 0 Å². The highest BCUT2D eigenvalue weighted by molar-refractivity contribution is 8.72. The molecule has 0 radical (unpaired) electrons. The van der Waals surface area contributed by atoms with Crippen LogP contribution in [0.15, 0.2) is 65.7 Å². The highest BCUT2D eigenvalue weighted by Crippen LogP contribution is 2.26. The van der Waals surface area contributed by atoms with Crippen molar-refractivity contribution >= 4 is 37.1 Å². The summed E-state index contributed by atoms with van der Waals surface area (Å²) in [6.07, 6.45) is 1.44. The van der Waals surface area contributed by atoms with Gasteiger partial charge in [0.25, 0.3) is 5.91 Å². The summed E-state index contributed by atoms with van der Waals surface area (Å²) in [4.78, 5) is 22.9. The van der Waals surface area contributed by atoms with Crippen LogP contribution in [0.25, 0.3) is 11.3 Å². The largest absolute Gasteiger partial charge is 0.382 e. The first-order valence-corrected chi connectivity index (χ1v) is 11.9. The maximum Gasteiger partial charge on any atom is 0.278 e. The Morgan fingerprint density at radius 1 is 1.10 bits per heavy atom. The third-order valence-electron chi connectivity index (χ3n) is 3.95. The Labute approximate surface area is 178 Å². The molecular weight excluding hydrogens is 422 g/mol. The number of anilines is 2. The molecule has 0 saturated heterocycles. The monoisotopic (exact) mass is 443 g/mol. The van der Waals surface area contributed by atoms with E-state index < -0.39 is 14.8 Å². The van der Waals surface area contributed by atoms with Crippen molar-refractivity contribution in [2.45, 2.75) is 4.90 Å². The fraction of sp³-hybridized carbons (Fsp3) is 0.150. The summed E-state index contributed by atoms with van der Waals surface area (Å²) in [5, 5.41) is 2.72. The van der Waals surface area contributed by atoms with Crippen molar-refractivity contribution in [3.63, 3.8) is 0 Å². The molecule has 1 aromatic heterocycles. The van der Waals surface area contributed by atoms with Crippen LogP contribution in [0.4, 0.5) is 11.5 Å². The lowest BCUT2D eigenvalue weighted by molar-refractivity contribution is 0.102. The number of nitrogens with zero attached hydrogens (tertiary/aromatic N) is 3. The van der Waals surface area contributed by atoms with E-state index in [1.165, 1.54) is 18.3 Å². The van der Waals surface area contributed by atoms with Crippen molar-refractivity contribution in [3.05, 3.63) is 66.5 Å². The molecule has 156 valence electrons. The van der Waals surface area contributed by atoms with Gasteiger partial charge in [0.15, 0.2) is 11.5 Å². The molecule has 0 aliphatic carbocycles. The molecule has 0 unspecified atom stereocenters. The quantitative estimate of drug-likeness (QED) is 0.423. The van der Waals surface area contributed by atoms with E-state index in [4.69, 9.17) is 5.73 Å². The molecule has 1 heterocycles. The van der Waals surface area contributed by atoms with E-state index in [2.05, 4.69) is 15.3 Å². The van der Waals surface area contributed by atoms with Crippen LogP contribution in [0.1, 0.15) is 10.5 Å². The van der Waals surface area contributed by atoms with E-state index in [0.717, 1.165) is 10.8 Å². The number of para-hydroxylation sites is 1. The Balaban J connectivity index is 1.83. The Morgan fingerprint density at radius 3 is 2.40 bits per heavy atom. The van der Waals surface area contributed by atoms with Gasteiger partial charge in [0.1, 0.15) is 0 Å². The summed E-state index contributed by atoms with van der Waals surface area (Å²) >= 11 is 0. The van der Waals surface area contributed by atoms with Crippen LogP contribution in [0.2, 0.25) is 0 Å². The minimum atomic E-state index is -3.46. The number of carbonyl (C=O) groups excluding carboxylic acids is 1. The molecule has 8 nitrogen and oxygen atoms in total. The number of rotatable bonds is 7. The number of hydrogen-bond donors (Lipinski definition) is 2. The van der Waals surface area contributed by atoms with Crippen LogP contribution in [-0.2, 0) is 8.87 Å². The zero-order valence-electron chi connectivity index (χ0n) is 16.4. The Bertz CT molecular complexity index is 1130. The molecule has 0 fully saturated rings. The first-order valence-electron chi connectivity index (χ1n) is 8.90. The summed E-state index contributed by atoms with van der Waals surface area (Å²) in [6.45, 7) is 0. The van der Waals surface area contributed by atoms with E-state index in [0.29, 0.717) is 22.8 Å². The van der Waals surface area contributed by atoms with E-state index in [-0.39, 0.29) is 16.4 Å². The van der Waals surface area contributed by atoms with Crippen LogP contribution in [-0.4, -0.2) is 49.2 Å². The first-order chi connectivity index (χ1) is 14.3. The zero-order chi connectivity index (χ0) is 21.7. The second-order valence-electron chi connectivity index (χ2n) is 6.61. The molecule has 2 aromatic carbocycles. The van der Waals surface area contributed by atoms with Crippen molar-refractivity contribution in [3.8, 4) is 11.3 Å². The summed E-state index contributed by atoms with van der Waals surface area (Å²) < 4.78 is 24.8. The topological polar surface area (TPSA) is 118 Å². The van der Waals surface area contributed by atoms with Crippen molar-refractivity contribution in [2.75, 3.05) is 31.0 Å². The van der Waals surface area contributed by atoms with Gasteiger partial charge in [-0.2, -0.15) is 0 Å². The van der Waals surface area contributed by atoms with Gasteiger partial charge in [0.05, 0.1) is 22.7 Å². The first kappa shape index (κ1) is 21.8. The Morgan fingerprint density at radius 2 is 1.77 bits per heavy atom. The second-order valence-corrected chi connectivity index (χ2v) is 10.5. The number of nitrogen functional groups attached to an aromatic ring is 1. The second kappa shape index (κ2) is 9.24. The molecule has 10 heteroatoms. The summed E-state index contributed by atoms with van der Waals surface area (Å²) in [5.74, 6) is -0.119. The van der Waals surface area contributed by atoms with Crippen LogP contribution < -0.4 is 11.1 Å². The predicted octanol–water partition coefficient (Wildman–Crippen LogP) is 2.92. The van der Waals surface area contributed by atoms with E-state index in [9.17, 15) is 13.2 Å². The van der Waals surface area contributed by atoms with Gasteiger partial charge >= 0.3 is 0 Å². The molecule has 3 rings (SSSR count). The Kier molecular flexibility index (Phi) is 6.70. The lowest BCUT2D eigenvalue weighted by atomic mass is 10.1. The molecule has 0 saturated carbocycles. The lowest BCUT2D eigenvalue weighted by Crippen LogP contribution is -2.17. The molecule has 0 spiro atoms. The Hall–Kier alpha value is -2.95. The molecule has 3 N–H and O–H groups in total. The minimum absolute atomic E-state index is 0.00501. The van der Waals surface area contributed by atoms with Gasteiger partial charge in [-0.25, -0.2) is 18.4 Å². The molecule has 0 atom stereocenters. The van der Waals surface area contributed by atoms with E-state index in [1.54, 1.807) is 55.4 Å². The number of amides is 1. The molecule has 0 aliphatic rings. The maximum atomic E-state index is 12.6. The average molecular weight is 444 g/mol. The van der Waals surface area contributed by atoms with Crippen LogP contribution in [0, 0.1) is 0 Å². The summed E-state index contributed by atoms with van der Waals surface area (Å²) in [7, 11) is 0.994. The van der Waals surface area contributed by atoms with Crippen molar-refractivity contribution in [1.82, 2.24) is 14.9 Å². The number of carbonyl (C=O) groups is 1.